The summed E-state index contributed by atoms with van der Waals surface area (Å²) in [4.78, 5) is 16.3. The molecular formula is C20H21N3O. The molecule has 0 unspecified atom stereocenters. The van der Waals surface area contributed by atoms with E-state index in [1.165, 1.54) is 10.9 Å². The average Bonchev–Trinajstić information content (AvgIpc) is 3.01. The molecule has 3 aromatic rings. The van der Waals surface area contributed by atoms with Gasteiger partial charge in [0.05, 0.1) is 6.04 Å². The number of hydrogen-bond acceptors (Lipinski definition) is 2. The molecule has 1 aliphatic heterocycles. The molecule has 2 heterocycles. The van der Waals surface area contributed by atoms with E-state index in [0.29, 0.717) is 0 Å². The zero-order valence-corrected chi connectivity index (χ0v) is 13.7. The van der Waals surface area contributed by atoms with Crippen molar-refractivity contribution >= 4 is 16.8 Å². The van der Waals surface area contributed by atoms with Crippen LogP contribution in [0.25, 0.3) is 10.9 Å². The molecule has 0 bridgehead atoms. The molecule has 2 atom stereocenters. The van der Waals surface area contributed by atoms with Gasteiger partial charge in [0.1, 0.15) is 6.04 Å². The Kier molecular flexibility index (Phi) is 3.82. The van der Waals surface area contributed by atoms with Crippen LogP contribution in [0.1, 0.15) is 35.8 Å². The maximum atomic E-state index is 12.8. The van der Waals surface area contributed by atoms with Gasteiger partial charge in [0.2, 0.25) is 5.91 Å². The zero-order valence-electron chi connectivity index (χ0n) is 13.7. The van der Waals surface area contributed by atoms with Gasteiger partial charge in [0.15, 0.2) is 0 Å². The molecule has 122 valence electrons. The second-order valence-electron chi connectivity index (χ2n) is 6.34. The van der Waals surface area contributed by atoms with Crippen molar-refractivity contribution in [1.82, 2.24) is 15.6 Å². The van der Waals surface area contributed by atoms with Gasteiger partial charge in [-0.25, -0.2) is 0 Å². The van der Waals surface area contributed by atoms with E-state index >= 15 is 0 Å². The number of fused-ring (bicyclic) bond motifs is 3. The molecule has 1 aromatic heterocycles. The molecule has 0 radical (unpaired) electrons. The SMILES string of the molecule is C[C@@H](NC(=O)[C@H]1NCCc2c1[nH]c1ccccc21)c1ccccc1. The predicted molar refractivity (Wildman–Crippen MR) is 95.7 cm³/mol. The van der Waals surface area contributed by atoms with Crippen LogP contribution in [0, 0.1) is 0 Å². The average molecular weight is 319 g/mol. The number of hydrogen-bond donors (Lipinski definition) is 3. The Balaban J connectivity index is 1.60. The topological polar surface area (TPSA) is 56.9 Å². The molecule has 0 fully saturated rings. The maximum absolute atomic E-state index is 12.8. The third kappa shape index (κ3) is 2.59. The number of nitrogens with one attached hydrogen (secondary N) is 3. The number of carbonyl (C=O) groups excluding carboxylic acids is 1. The van der Waals surface area contributed by atoms with Gasteiger partial charge in [-0.1, -0.05) is 48.5 Å². The van der Waals surface area contributed by atoms with E-state index < -0.39 is 0 Å². The summed E-state index contributed by atoms with van der Waals surface area (Å²) in [5.74, 6) is 0.0128. The molecule has 0 saturated heterocycles. The zero-order chi connectivity index (χ0) is 16.5. The molecule has 0 aliphatic carbocycles. The van der Waals surface area contributed by atoms with E-state index in [1.54, 1.807) is 0 Å². The van der Waals surface area contributed by atoms with Crippen LogP contribution in [0.4, 0.5) is 0 Å². The van der Waals surface area contributed by atoms with Crippen LogP contribution in [0.5, 0.6) is 0 Å². The quantitative estimate of drug-likeness (QED) is 0.694. The maximum Gasteiger partial charge on any atom is 0.243 e. The highest BCUT2D eigenvalue weighted by atomic mass is 16.2. The summed E-state index contributed by atoms with van der Waals surface area (Å²) in [5, 5.41) is 7.70. The number of carbonyl (C=O) groups is 1. The van der Waals surface area contributed by atoms with Gasteiger partial charge in [-0.3, -0.25) is 4.79 Å². The van der Waals surface area contributed by atoms with Crippen LogP contribution >= 0.6 is 0 Å². The first-order valence-electron chi connectivity index (χ1n) is 8.42. The molecule has 4 nitrogen and oxygen atoms in total. The van der Waals surface area contributed by atoms with Crippen LogP contribution in [-0.2, 0) is 11.2 Å². The number of H-pyrrole nitrogens is 1. The van der Waals surface area contributed by atoms with E-state index in [9.17, 15) is 4.79 Å². The fourth-order valence-corrected chi connectivity index (χ4v) is 3.53. The van der Waals surface area contributed by atoms with Gasteiger partial charge in [-0.2, -0.15) is 0 Å². The summed E-state index contributed by atoms with van der Waals surface area (Å²) in [6.07, 6.45) is 0.942. The lowest BCUT2D eigenvalue weighted by molar-refractivity contribution is -0.124. The van der Waals surface area contributed by atoms with Crippen molar-refractivity contribution in [2.24, 2.45) is 0 Å². The Labute approximate surface area is 141 Å². The summed E-state index contributed by atoms with van der Waals surface area (Å²) >= 11 is 0. The summed E-state index contributed by atoms with van der Waals surface area (Å²) in [6, 6.07) is 17.9. The molecule has 1 amide bonds. The summed E-state index contributed by atoms with van der Waals surface area (Å²) in [7, 11) is 0. The lowest BCUT2D eigenvalue weighted by atomic mass is 9.98. The lowest BCUT2D eigenvalue weighted by Crippen LogP contribution is -2.42. The van der Waals surface area contributed by atoms with Crippen molar-refractivity contribution in [3.63, 3.8) is 0 Å². The number of aromatic amines is 1. The Bertz CT molecular complexity index is 869. The molecule has 3 N–H and O–H groups in total. The van der Waals surface area contributed by atoms with Crippen molar-refractivity contribution in [2.75, 3.05) is 6.54 Å². The van der Waals surface area contributed by atoms with Gasteiger partial charge in [-0.15, -0.1) is 0 Å². The Hall–Kier alpha value is -2.59. The van der Waals surface area contributed by atoms with E-state index in [1.807, 2.05) is 49.4 Å². The molecule has 4 rings (SSSR count). The van der Waals surface area contributed by atoms with Gasteiger partial charge < -0.3 is 15.6 Å². The number of para-hydroxylation sites is 1. The third-order valence-electron chi connectivity index (χ3n) is 4.78. The molecular weight excluding hydrogens is 298 g/mol. The Morgan fingerprint density at radius 3 is 2.71 bits per heavy atom. The predicted octanol–water partition coefficient (Wildman–Crippen LogP) is 3.23. The van der Waals surface area contributed by atoms with Crippen LogP contribution < -0.4 is 10.6 Å². The third-order valence-corrected chi connectivity index (χ3v) is 4.78. The minimum Gasteiger partial charge on any atom is -0.356 e. The minimum atomic E-state index is -0.327. The van der Waals surface area contributed by atoms with Crippen molar-refractivity contribution < 1.29 is 4.79 Å². The number of aromatic nitrogens is 1. The van der Waals surface area contributed by atoms with Gasteiger partial charge >= 0.3 is 0 Å². The molecule has 4 heteroatoms. The molecule has 2 aromatic carbocycles. The molecule has 0 spiro atoms. The monoisotopic (exact) mass is 319 g/mol. The molecule has 1 aliphatic rings. The Morgan fingerprint density at radius 1 is 1.12 bits per heavy atom. The van der Waals surface area contributed by atoms with Crippen molar-refractivity contribution in [3.8, 4) is 0 Å². The first kappa shape index (κ1) is 15.0. The van der Waals surface area contributed by atoms with E-state index in [4.69, 9.17) is 0 Å². The van der Waals surface area contributed by atoms with Gasteiger partial charge in [0, 0.05) is 23.1 Å². The van der Waals surface area contributed by atoms with E-state index in [-0.39, 0.29) is 18.0 Å². The highest BCUT2D eigenvalue weighted by Gasteiger charge is 2.29. The summed E-state index contributed by atoms with van der Waals surface area (Å²) in [6.45, 7) is 2.83. The molecule has 24 heavy (non-hydrogen) atoms. The second-order valence-corrected chi connectivity index (χ2v) is 6.34. The first-order valence-corrected chi connectivity index (χ1v) is 8.42. The van der Waals surface area contributed by atoms with E-state index in [2.05, 4.69) is 27.8 Å². The van der Waals surface area contributed by atoms with Crippen molar-refractivity contribution in [2.45, 2.75) is 25.4 Å². The normalized spacial score (nSPS) is 18.1. The minimum absolute atomic E-state index is 0.0128. The number of amides is 1. The first-order chi connectivity index (χ1) is 11.7. The van der Waals surface area contributed by atoms with Gasteiger partial charge in [0.25, 0.3) is 0 Å². The highest BCUT2D eigenvalue weighted by molar-refractivity contribution is 5.90. The van der Waals surface area contributed by atoms with Crippen LogP contribution in [0.15, 0.2) is 54.6 Å². The van der Waals surface area contributed by atoms with Crippen LogP contribution in [0.2, 0.25) is 0 Å². The molecule has 0 saturated carbocycles. The largest absolute Gasteiger partial charge is 0.356 e. The summed E-state index contributed by atoms with van der Waals surface area (Å²) in [5.41, 5.74) is 4.47. The van der Waals surface area contributed by atoms with Crippen molar-refractivity contribution in [3.05, 3.63) is 71.4 Å². The standard InChI is InChI=1S/C20H21N3O/c1-13(14-7-3-2-4-8-14)22-20(24)19-18-16(11-12-21-19)15-9-5-6-10-17(15)23-18/h2-10,13,19,21,23H,11-12H2,1H3,(H,22,24)/t13-,19+/m1/s1. The van der Waals surface area contributed by atoms with Crippen LogP contribution in [0.3, 0.4) is 0 Å². The second kappa shape index (κ2) is 6.13. The van der Waals surface area contributed by atoms with Gasteiger partial charge in [-0.05, 0) is 30.5 Å². The summed E-state index contributed by atoms with van der Waals surface area (Å²) < 4.78 is 0. The van der Waals surface area contributed by atoms with Crippen molar-refractivity contribution in [1.29, 1.82) is 0 Å². The number of benzene rings is 2. The highest BCUT2D eigenvalue weighted by Crippen LogP contribution is 2.30. The van der Waals surface area contributed by atoms with E-state index in [0.717, 1.165) is 29.7 Å². The lowest BCUT2D eigenvalue weighted by Gasteiger charge is -2.25. The smallest absolute Gasteiger partial charge is 0.243 e. The van der Waals surface area contributed by atoms with Crippen LogP contribution in [-0.4, -0.2) is 17.4 Å². The number of rotatable bonds is 3. The fraction of sp³-hybridized carbons (Fsp3) is 0.250. The Morgan fingerprint density at radius 2 is 1.88 bits per heavy atom. The fourth-order valence-electron chi connectivity index (χ4n) is 3.53.